The largest absolute Gasteiger partial charge is 0.324 e. The van der Waals surface area contributed by atoms with Crippen LogP contribution >= 0.6 is 11.6 Å². The minimum Gasteiger partial charge on any atom is -0.324 e. The molecular weight excluding hydrogens is 315 g/mol. The summed E-state index contributed by atoms with van der Waals surface area (Å²) in [4.78, 5) is 14.0. The van der Waals surface area contributed by atoms with E-state index >= 15 is 0 Å². The summed E-state index contributed by atoms with van der Waals surface area (Å²) >= 11 is 5.90. The Bertz CT molecular complexity index is 673. The van der Waals surface area contributed by atoms with Crippen LogP contribution in [0.4, 0.5) is 10.1 Å². The lowest BCUT2D eigenvalue weighted by molar-refractivity contribution is -0.117. The lowest BCUT2D eigenvalue weighted by Crippen LogP contribution is -2.29. The Hall–Kier alpha value is -1.91. The molecule has 0 heterocycles. The predicted molar refractivity (Wildman–Crippen MR) is 92.2 cm³/mol. The number of nitrogens with one attached hydrogen (secondary N) is 1. The van der Waals surface area contributed by atoms with E-state index in [1.54, 1.807) is 0 Å². The molecule has 122 valence electrons. The van der Waals surface area contributed by atoms with Crippen molar-refractivity contribution in [3.8, 4) is 0 Å². The van der Waals surface area contributed by atoms with Crippen molar-refractivity contribution in [2.45, 2.75) is 19.9 Å². The van der Waals surface area contributed by atoms with Crippen molar-refractivity contribution in [2.75, 3.05) is 18.9 Å². The number of hydrogen-bond donors (Lipinski definition) is 1. The van der Waals surface area contributed by atoms with Gasteiger partial charge >= 0.3 is 0 Å². The molecule has 0 unspecified atom stereocenters. The summed E-state index contributed by atoms with van der Waals surface area (Å²) in [6, 6.07) is 12.2. The molecule has 0 radical (unpaired) electrons. The van der Waals surface area contributed by atoms with Crippen molar-refractivity contribution in [2.24, 2.45) is 0 Å². The first-order valence-corrected chi connectivity index (χ1v) is 7.87. The lowest BCUT2D eigenvalue weighted by atomic mass is 10.1. The quantitative estimate of drug-likeness (QED) is 0.862. The molecule has 1 N–H and O–H groups in total. The Morgan fingerprint density at radius 1 is 1.17 bits per heavy atom. The number of carbonyl (C=O) groups excluding carboxylic acids is 1. The predicted octanol–water partition coefficient (Wildman–Crippen LogP) is 4.11. The zero-order chi connectivity index (χ0) is 16.8. The molecule has 0 aromatic heterocycles. The molecule has 0 aliphatic rings. The molecule has 1 amide bonds. The van der Waals surface area contributed by atoms with Crippen LogP contribution in [0.3, 0.4) is 0 Å². The molecule has 0 aliphatic heterocycles. The summed E-state index contributed by atoms with van der Waals surface area (Å²) in [6.07, 6.45) is 1.01. The highest BCUT2D eigenvalue weighted by molar-refractivity contribution is 6.33. The van der Waals surface area contributed by atoms with Gasteiger partial charge in [-0.25, -0.2) is 4.39 Å². The molecule has 2 aromatic carbocycles. The van der Waals surface area contributed by atoms with Crippen LogP contribution in [0.25, 0.3) is 0 Å². The van der Waals surface area contributed by atoms with Gasteiger partial charge in [0.15, 0.2) is 0 Å². The molecule has 0 fully saturated rings. The van der Waals surface area contributed by atoms with Gasteiger partial charge in [0.2, 0.25) is 5.91 Å². The highest BCUT2D eigenvalue weighted by atomic mass is 35.5. The van der Waals surface area contributed by atoms with E-state index in [0.717, 1.165) is 12.0 Å². The summed E-state index contributed by atoms with van der Waals surface area (Å²) in [7, 11) is 1.87. The summed E-state index contributed by atoms with van der Waals surface area (Å²) in [6.45, 7) is 3.02. The van der Waals surface area contributed by atoms with Gasteiger partial charge in [0.25, 0.3) is 0 Å². The number of hydrogen-bond acceptors (Lipinski definition) is 2. The SMILES string of the molecule is CCc1ccc(CN(C)CC(=O)Nc2ccc(F)cc2Cl)cc1. The summed E-state index contributed by atoms with van der Waals surface area (Å²) < 4.78 is 13.0. The van der Waals surface area contributed by atoms with Crippen LogP contribution in [0.2, 0.25) is 5.02 Å². The first-order chi connectivity index (χ1) is 11.0. The van der Waals surface area contributed by atoms with Crippen molar-refractivity contribution in [3.63, 3.8) is 0 Å². The van der Waals surface area contributed by atoms with Gasteiger partial charge in [-0.05, 0) is 42.8 Å². The Labute approximate surface area is 141 Å². The highest BCUT2D eigenvalue weighted by Crippen LogP contribution is 2.22. The number of aryl methyl sites for hydroxylation is 1. The first-order valence-electron chi connectivity index (χ1n) is 7.49. The van der Waals surface area contributed by atoms with E-state index in [9.17, 15) is 9.18 Å². The highest BCUT2D eigenvalue weighted by Gasteiger charge is 2.10. The van der Waals surface area contributed by atoms with E-state index in [0.29, 0.717) is 12.2 Å². The van der Waals surface area contributed by atoms with Crippen LogP contribution in [0.5, 0.6) is 0 Å². The van der Waals surface area contributed by atoms with Gasteiger partial charge in [-0.3, -0.25) is 9.69 Å². The Kier molecular flexibility index (Phi) is 6.13. The number of likely N-dealkylation sites (N-methyl/N-ethyl adjacent to an activating group) is 1. The molecule has 23 heavy (non-hydrogen) atoms. The van der Waals surface area contributed by atoms with Gasteiger partial charge in [0, 0.05) is 6.54 Å². The molecule has 0 spiro atoms. The van der Waals surface area contributed by atoms with Crippen molar-refractivity contribution in [1.82, 2.24) is 4.90 Å². The number of carbonyl (C=O) groups is 1. The molecule has 2 aromatic rings. The fourth-order valence-corrected chi connectivity index (χ4v) is 2.49. The summed E-state index contributed by atoms with van der Waals surface area (Å²) in [5, 5.41) is 2.88. The fourth-order valence-electron chi connectivity index (χ4n) is 2.27. The molecule has 0 saturated heterocycles. The number of halogens is 2. The third-order valence-corrected chi connectivity index (χ3v) is 3.82. The molecule has 3 nitrogen and oxygen atoms in total. The van der Waals surface area contributed by atoms with Crippen molar-refractivity contribution < 1.29 is 9.18 Å². The Morgan fingerprint density at radius 3 is 2.43 bits per heavy atom. The van der Waals surface area contributed by atoms with E-state index in [-0.39, 0.29) is 17.5 Å². The van der Waals surface area contributed by atoms with Crippen LogP contribution < -0.4 is 5.32 Å². The van der Waals surface area contributed by atoms with Crippen LogP contribution in [0.15, 0.2) is 42.5 Å². The van der Waals surface area contributed by atoms with Gasteiger partial charge in [0.1, 0.15) is 5.82 Å². The van der Waals surface area contributed by atoms with Crippen LogP contribution in [0.1, 0.15) is 18.1 Å². The molecule has 2 rings (SSSR count). The zero-order valence-corrected chi connectivity index (χ0v) is 14.0. The maximum absolute atomic E-state index is 13.0. The number of nitrogens with zero attached hydrogens (tertiary/aromatic N) is 1. The van der Waals surface area contributed by atoms with Crippen LogP contribution in [-0.4, -0.2) is 24.4 Å². The molecule has 0 atom stereocenters. The van der Waals surface area contributed by atoms with Crippen molar-refractivity contribution in [1.29, 1.82) is 0 Å². The standard InChI is InChI=1S/C18H20ClFN2O/c1-3-13-4-6-14(7-5-13)11-22(2)12-18(23)21-17-9-8-15(20)10-16(17)19/h4-10H,3,11-12H2,1-2H3,(H,21,23). The zero-order valence-electron chi connectivity index (χ0n) is 13.3. The van der Waals surface area contributed by atoms with E-state index in [1.165, 1.54) is 23.8 Å². The maximum atomic E-state index is 13.0. The molecule has 0 bridgehead atoms. The molecule has 0 aliphatic carbocycles. The van der Waals surface area contributed by atoms with Gasteiger partial charge in [-0.1, -0.05) is 42.8 Å². The maximum Gasteiger partial charge on any atom is 0.238 e. The fraction of sp³-hybridized carbons (Fsp3) is 0.278. The number of anilines is 1. The average molecular weight is 335 g/mol. The van der Waals surface area contributed by atoms with Crippen molar-refractivity contribution in [3.05, 3.63) is 64.4 Å². The molecular formula is C18H20ClFN2O. The second kappa shape index (κ2) is 8.09. The minimum atomic E-state index is -0.430. The molecule has 5 heteroatoms. The number of rotatable bonds is 6. The third-order valence-electron chi connectivity index (χ3n) is 3.50. The minimum absolute atomic E-state index is 0.189. The van der Waals surface area contributed by atoms with Gasteiger partial charge in [-0.2, -0.15) is 0 Å². The first kappa shape index (κ1) is 17.4. The molecule has 0 saturated carbocycles. The van der Waals surface area contributed by atoms with Crippen LogP contribution in [0, 0.1) is 5.82 Å². The van der Waals surface area contributed by atoms with E-state index in [4.69, 9.17) is 11.6 Å². The third kappa shape index (κ3) is 5.34. The Balaban J connectivity index is 1.88. The second-order valence-electron chi connectivity index (χ2n) is 5.51. The van der Waals surface area contributed by atoms with Gasteiger partial charge in [-0.15, -0.1) is 0 Å². The Morgan fingerprint density at radius 2 is 1.83 bits per heavy atom. The monoisotopic (exact) mass is 334 g/mol. The number of amides is 1. The number of benzene rings is 2. The van der Waals surface area contributed by atoms with Crippen LogP contribution in [-0.2, 0) is 17.8 Å². The lowest BCUT2D eigenvalue weighted by Gasteiger charge is -2.17. The van der Waals surface area contributed by atoms with Gasteiger partial charge < -0.3 is 5.32 Å². The smallest absolute Gasteiger partial charge is 0.238 e. The van der Waals surface area contributed by atoms with E-state index in [1.807, 2.05) is 11.9 Å². The van der Waals surface area contributed by atoms with E-state index < -0.39 is 5.82 Å². The summed E-state index contributed by atoms with van der Waals surface area (Å²) in [5.74, 6) is -0.619. The van der Waals surface area contributed by atoms with Crippen molar-refractivity contribution >= 4 is 23.2 Å². The second-order valence-corrected chi connectivity index (χ2v) is 5.92. The normalized spacial score (nSPS) is 10.8. The summed E-state index contributed by atoms with van der Waals surface area (Å²) in [5.41, 5.74) is 2.86. The van der Waals surface area contributed by atoms with Gasteiger partial charge in [0.05, 0.1) is 17.3 Å². The van der Waals surface area contributed by atoms with E-state index in [2.05, 4.69) is 36.5 Å². The topological polar surface area (TPSA) is 32.3 Å². The average Bonchev–Trinajstić information content (AvgIpc) is 2.50.